The average Bonchev–Trinajstić information content (AvgIpc) is 2.95. The molecule has 220 valence electrons. The maximum atomic E-state index is 13.2. The molecule has 0 bridgehead atoms. The van der Waals surface area contributed by atoms with Crippen LogP contribution in [0.25, 0.3) is 0 Å². The van der Waals surface area contributed by atoms with Crippen molar-refractivity contribution in [1.29, 1.82) is 0 Å². The van der Waals surface area contributed by atoms with Gasteiger partial charge in [-0.25, -0.2) is 4.79 Å². The van der Waals surface area contributed by atoms with Crippen molar-refractivity contribution in [1.82, 2.24) is 20.9 Å². The molecule has 0 unspecified atom stereocenters. The van der Waals surface area contributed by atoms with Gasteiger partial charge in [0.25, 0.3) is 0 Å². The van der Waals surface area contributed by atoms with Crippen molar-refractivity contribution in [2.24, 2.45) is 0 Å². The molecular formula is C30H39N5O6. The van der Waals surface area contributed by atoms with Crippen LogP contribution in [0.3, 0.4) is 0 Å². The lowest BCUT2D eigenvalue weighted by Gasteiger charge is -2.34. The van der Waals surface area contributed by atoms with Gasteiger partial charge in [-0.1, -0.05) is 42.5 Å². The smallest absolute Gasteiger partial charge is 0.409 e. The molecule has 2 aromatic carbocycles. The SMILES string of the molecule is C[C@H](NC(=O)[C@H](CC(=O)N1CCCC[C@@H]1C)NC(=O)CCc1ccccc1)C(=O)NCc1cccc(NC(=O)O)c1. The fourth-order valence-electron chi connectivity index (χ4n) is 4.74. The lowest BCUT2D eigenvalue weighted by Crippen LogP contribution is -2.54. The average molecular weight is 566 g/mol. The third-order valence-corrected chi connectivity index (χ3v) is 7.03. The number of likely N-dealkylation sites (tertiary alicyclic amines) is 1. The number of nitrogens with zero attached hydrogens (tertiary/aromatic N) is 1. The third kappa shape index (κ3) is 10.3. The lowest BCUT2D eigenvalue weighted by molar-refractivity contribution is -0.139. The Morgan fingerprint density at radius 1 is 0.951 bits per heavy atom. The Morgan fingerprint density at radius 3 is 2.39 bits per heavy atom. The lowest BCUT2D eigenvalue weighted by atomic mass is 10.0. The number of hydrogen-bond donors (Lipinski definition) is 5. The second-order valence-electron chi connectivity index (χ2n) is 10.3. The van der Waals surface area contributed by atoms with Crippen LogP contribution in [0.15, 0.2) is 54.6 Å². The monoisotopic (exact) mass is 565 g/mol. The Hall–Kier alpha value is -4.41. The zero-order valence-corrected chi connectivity index (χ0v) is 23.5. The molecule has 5 N–H and O–H groups in total. The Balaban J connectivity index is 1.60. The summed E-state index contributed by atoms with van der Waals surface area (Å²) in [5, 5.41) is 19.2. The third-order valence-electron chi connectivity index (χ3n) is 7.03. The van der Waals surface area contributed by atoms with Crippen LogP contribution >= 0.6 is 0 Å². The van der Waals surface area contributed by atoms with Crippen LogP contribution < -0.4 is 21.3 Å². The highest BCUT2D eigenvalue weighted by atomic mass is 16.4. The summed E-state index contributed by atoms with van der Waals surface area (Å²) in [5.74, 6) is -1.67. The molecule has 0 saturated carbocycles. The first-order chi connectivity index (χ1) is 19.6. The Bertz CT molecular complexity index is 1220. The van der Waals surface area contributed by atoms with Crippen molar-refractivity contribution in [2.75, 3.05) is 11.9 Å². The van der Waals surface area contributed by atoms with Gasteiger partial charge in [0.05, 0.1) is 6.42 Å². The van der Waals surface area contributed by atoms with Crippen LogP contribution in [0.2, 0.25) is 0 Å². The van der Waals surface area contributed by atoms with E-state index in [0.717, 1.165) is 24.8 Å². The number of nitrogens with one attached hydrogen (secondary N) is 4. The van der Waals surface area contributed by atoms with Gasteiger partial charge in [-0.15, -0.1) is 0 Å². The van der Waals surface area contributed by atoms with E-state index in [9.17, 15) is 24.0 Å². The number of benzene rings is 2. The summed E-state index contributed by atoms with van der Waals surface area (Å²) in [6, 6.07) is 14.0. The second-order valence-corrected chi connectivity index (χ2v) is 10.3. The van der Waals surface area contributed by atoms with Crippen molar-refractivity contribution in [3.05, 3.63) is 65.7 Å². The van der Waals surface area contributed by atoms with Gasteiger partial charge in [0.2, 0.25) is 23.6 Å². The van der Waals surface area contributed by atoms with Crippen molar-refractivity contribution >= 4 is 35.4 Å². The quantitative estimate of drug-likeness (QED) is 0.266. The van der Waals surface area contributed by atoms with Crippen molar-refractivity contribution in [3.8, 4) is 0 Å². The zero-order chi connectivity index (χ0) is 29.8. The van der Waals surface area contributed by atoms with Gasteiger partial charge >= 0.3 is 6.09 Å². The summed E-state index contributed by atoms with van der Waals surface area (Å²) in [6.07, 6.45) is 2.05. The Kier molecular flexibility index (Phi) is 11.7. The number of aryl methyl sites for hydroxylation is 1. The fraction of sp³-hybridized carbons (Fsp3) is 0.433. The van der Waals surface area contributed by atoms with Crippen LogP contribution in [-0.2, 0) is 32.1 Å². The summed E-state index contributed by atoms with van der Waals surface area (Å²) in [5.41, 5.74) is 2.01. The number of piperidine rings is 1. The highest BCUT2D eigenvalue weighted by Gasteiger charge is 2.30. The van der Waals surface area contributed by atoms with Crippen molar-refractivity contribution < 1.29 is 29.1 Å². The van der Waals surface area contributed by atoms with Gasteiger partial charge in [-0.2, -0.15) is 0 Å². The van der Waals surface area contributed by atoms with Gasteiger partial charge in [0.1, 0.15) is 12.1 Å². The number of carbonyl (C=O) groups excluding carboxylic acids is 4. The van der Waals surface area contributed by atoms with E-state index >= 15 is 0 Å². The normalized spacial score (nSPS) is 16.1. The molecule has 1 fully saturated rings. The predicted octanol–water partition coefficient (Wildman–Crippen LogP) is 2.81. The minimum atomic E-state index is -1.20. The number of anilines is 1. The van der Waals surface area contributed by atoms with Crippen molar-refractivity contribution in [3.63, 3.8) is 0 Å². The van der Waals surface area contributed by atoms with Crippen LogP contribution in [0.1, 0.15) is 57.1 Å². The first-order valence-corrected chi connectivity index (χ1v) is 13.9. The van der Waals surface area contributed by atoms with Gasteiger partial charge < -0.3 is 26.0 Å². The predicted molar refractivity (Wildman–Crippen MR) is 154 cm³/mol. The van der Waals surface area contributed by atoms with Crippen LogP contribution in [0.5, 0.6) is 0 Å². The molecule has 0 aromatic heterocycles. The highest BCUT2D eigenvalue weighted by molar-refractivity contribution is 5.95. The summed E-state index contributed by atoms with van der Waals surface area (Å²) in [4.78, 5) is 64.5. The number of hydrogen-bond acceptors (Lipinski definition) is 5. The summed E-state index contributed by atoms with van der Waals surface area (Å²) in [6.45, 7) is 4.21. The summed E-state index contributed by atoms with van der Waals surface area (Å²) < 4.78 is 0. The molecule has 1 saturated heterocycles. The van der Waals surface area contributed by atoms with E-state index < -0.39 is 30.0 Å². The molecule has 0 spiro atoms. The minimum absolute atomic E-state index is 0.0580. The van der Waals surface area contributed by atoms with Gasteiger partial charge in [-0.3, -0.25) is 24.5 Å². The fourth-order valence-corrected chi connectivity index (χ4v) is 4.74. The molecule has 11 nitrogen and oxygen atoms in total. The largest absolute Gasteiger partial charge is 0.465 e. The van der Waals surface area contributed by atoms with E-state index in [-0.39, 0.29) is 37.2 Å². The molecule has 3 rings (SSSR count). The molecule has 41 heavy (non-hydrogen) atoms. The van der Waals surface area contributed by atoms with E-state index in [1.165, 1.54) is 6.92 Å². The molecule has 11 heteroatoms. The molecule has 5 amide bonds. The zero-order valence-electron chi connectivity index (χ0n) is 23.5. The molecule has 0 aliphatic carbocycles. The maximum Gasteiger partial charge on any atom is 0.409 e. The topological polar surface area (TPSA) is 157 Å². The standard InChI is InChI=1S/C30H39N5O6/c1-20-9-6-7-16-35(20)27(37)18-25(34-26(36)15-14-22-10-4-3-5-11-22)29(39)32-21(2)28(38)31-19-23-12-8-13-24(17-23)33-30(40)41/h3-5,8,10-13,17,20-21,25,33H,6-7,9,14-16,18-19H2,1-2H3,(H,31,38)(H,32,39)(H,34,36)(H,40,41)/t20-,21-,25-/m0/s1. The van der Waals surface area contributed by atoms with E-state index in [4.69, 9.17) is 5.11 Å². The first kappa shape index (κ1) is 31.1. The minimum Gasteiger partial charge on any atom is -0.465 e. The van der Waals surface area contributed by atoms with Crippen molar-refractivity contribution in [2.45, 2.75) is 77.0 Å². The van der Waals surface area contributed by atoms with Gasteiger partial charge in [0, 0.05) is 31.2 Å². The van der Waals surface area contributed by atoms with Crippen LogP contribution in [0, 0.1) is 0 Å². The second kappa shape index (κ2) is 15.4. The number of carbonyl (C=O) groups is 5. The Labute approximate surface area is 240 Å². The Morgan fingerprint density at radius 2 is 1.68 bits per heavy atom. The molecule has 1 aliphatic rings. The number of carboxylic acid groups (broad SMARTS) is 1. The maximum absolute atomic E-state index is 13.2. The molecule has 0 radical (unpaired) electrons. The molecular weight excluding hydrogens is 526 g/mol. The van der Waals surface area contributed by atoms with Gasteiger partial charge in [-0.05, 0) is 62.8 Å². The van der Waals surface area contributed by atoms with Gasteiger partial charge in [0.15, 0.2) is 0 Å². The summed E-state index contributed by atoms with van der Waals surface area (Å²) >= 11 is 0. The number of amides is 5. The van der Waals surface area contributed by atoms with E-state index in [2.05, 4.69) is 21.3 Å². The molecule has 2 aromatic rings. The summed E-state index contributed by atoms with van der Waals surface area (Å²) in [7, 11) is 0. The number of rotatable bonds is 12. The molecule has 3 atom stereocenters. The first-order valence-electron chi connectivity index (χ1n) is 13.9. The van der Waals surface area contributed by atoms with E-state index in [1.54, 1.807) is 29.2 Å². The molecule has 1 aliphatic heterocycles. The van der Waals surface area contributed by atoms with Crippen LogP contribution in [-0.4, -0.2) is 64.4 Å². The van der Waals surface area contributed by atoms with E-state index in [1.807, 2.05) is 37.3 Å². The van der Waals surface area contributed by atoms with E-state index in [0.29, 0.717) is 24.2 Å². The van der Waals surface area contributed by atoms with Crippen LogP contribution in [0.4, 0.5) is 10.5 Å². The molecule has 1 heterocycles. The highest BCUT2D eigenvalue weighted by Crippen LogP contribution is 2.18.